The molecule has 1 aliphatic rings. The highest BCUT2D eigenvalue weighted by atomic mass is 35.5. The standard InChI is InChI=1S/C30H29Cl2N3O4/c31-23-13-9-21(10-14-23)28(29(32)35-18-17-33-20-35)39-27-8-4-7-26(38-27)19-37-25-15-11-22(12-16-25)30(36)34-24-5-2-1-3-6-24/h1-3,5-6,9-18,20,26-29H,4,7-8,19H2,(H,34,36). The van der Waals surface area contributed by atoms with Crippen molar-refractivity contribution in [2.24, 2.45) is 0 Å². The van der Waals surface area contributed by atoms with Crippen molar-refractivity contribution in [3.05, 3.63) is 114 Å². The minimum Gasteiger partial charge on any atom is -0.491 e. The van der Waals surface area contributed by atoms with Crippen LogP contribution in [0.1, 0.15) is 46.8 Å². The van der Waals surface area contributed by atoms with Crippen molar-refractivity contribution >= 4 is 34.8 Å². The molecule has 2 heterocycles. The van der Waals surface area contributed by atoms with Crippen molar-refractivity contribution in [1.82, 2.24) is 9.55 Å². The molecular formula is C30H29Cl2N3O4. The number of nitrogens with zero attached hydrogens (tertiary/aromatic N) is 2. The molecular weight excluding hydrogens is 537 g/mol. The van der Waals surface area contributed by atoms with Gasteiger partial charge in [0.2, 0.25) is 0 Å². The number of benzene rings is 3. The van der Waals surface area contributed by atoms with E-state index in [0.29, 0.717) is 22.9 Å². The Morgan fingerprint density at radius 3 is 2.54 bits per heavy atom. The molecule has 4 atom stereocenters. The third-order valence-corrected chi connectivity index (χ3v) is 7.16. The number of carbonyl (C=O) groups is 1. The van der Waals surface area contributed by atoms with Crippen molar-refractivity contribution in [1.29, 1.82) is 0 Å². The summed E-state index contributed by atoms with van der Waals surface area (Å²) in [6.07, 6.45) is 6.63. The van der Waals surface area contributed by atoms with E-state index < -0.39 is 17.9 Å². The molecule has 4 aromatic rings. The van der Waals surface area contributed by atoms with Crippen molar-refractivity contribution in [2.45, 2.75) is 43.3 Å². The van der Waals surface area contributed by atoms with Gasteiger partial charge in [0.05, 0.1) is 12.4 Å². The predicted octanol–water partition coefficient (Wildman–Crippen LogP) is 7.26. The summed E-state index contributed by atoms with van der Waals surface area (Å²) in [7, 11) is 0. The summed E-state index contributed by atoms with van der Waals surface area (Å²) in [5.74, 6) is 0.491. The first-order chi connectivity index (χ1) is 19.0. The molecule has 7 nitrogen and oxygen atoms in total. The summed E-state index contributed by atoms with van der Waals surface area (Å²) >= 11 is 12.9. The van der Waals surface area contributed by atoms with Crippen LogP contribution in [-0.4, -0.2) is 34.5 Å². The minimum atomic E-state index is -0.522. The van der Waals surface area contributed by atoms with Gasteiger partial charge in [-0.1, -0.05) is 53.5 Å². The molecule has 9 heteroatoms. The normalized spacial score (nSPS) is 18.7. The van der Waals surface area contributed by atoms with Gasteiger partial charge in [-0.15, -0.1) is 0 Å². The number of imidazole rings is 1. The van der Waals surface area contributed by atoms with E-state index in [1.807, 2.05) is 54.6 Å². The molecule has 5 rings (SSSR count). The monoisotopic (exact) mass is 565 g/mol. The van der Waals surface area contributed by atoms with Crippen LogP contribution >= 0.6 is 23.2 Å². The summed E-state index contributed by atoms with van der Waals surface area (Å²) in [5, 5.41) is 3.52. The van der Waals surface area contributed by atoms with Crippen LogP contribution in [0, 0.1) is 0 Å². The van der Waals surface area contributed by atoms with Crippen molar-refractivity contribution in [2.75, 3.05) is 11.9 Å². The molecule has 1 aromatic heterocycles. The third kappa shape index (κ3) is 7.40. The maximum absolute atomic E-state index is 12.5. The lowest BCUT2D eigenvalue weighted by molar-refractivity contribution is -0.224. The van der Waals surface area contributed by atoms with Crippen LogP contribution in [0.15, 0.2) is 97.6 Å². The van der Waals surface area contributed by atoms with Gasteiger partial charge in [0.15, 0.2) is 6.29 Å². The van der Waals surface area contributed by atoms with Gasteiger partial charge in [-0.05, 0) is 73.4 Å². The van der Waals surface area contributed by atoms with Crippen LogP contribution in [0.2, 0.25) is 5.02 Å². The zero-order valence-electron chi connectivity index (χ0n) is 21.2. The second-order valence-corrected chi connectivity index (χ2v) is 10.1. The maximum Gasteiger partial charge on any atom is 0.255 e. The fourth-order valence-corrected chi connectivity index (χ4v) is 4.84. The number of hydrogen-bond acceptors (Lipinski definition) is 5. The molecule has 1 aliphatic heterocycles. The number of anilines is 1. The maximum atomic E-state index is 12.5. The number of ether oxygens (including phenoxy) is 3. The highest BCUT2D eigenvalue weighted by molar-refractivity contribution is 6.30. The number of alkyl halides is 1. The van der Waals surface area contributed by atoms with E-state index in [4.69, 9.17) is 37.4 Å². The Bertz CT molecular complexity index is 1320. The van der Waals surface area contributed by atoms with Gasteiger partial charge in [0.25, 0.3) is 5.91 Å². The highest BCUT2D eigenvalue weighted by Crippen LogP contribution is 2.37. The van der Waals surface area contributed by atoms with Crippen LogP contribution in [0.3, 0.4) is 0 Å². The Morgan fingerprint density at radius 1 is 1.05 bits per heavy atom. The predicted molar refractivity (Wildman–Crippen MR) is 151 cm³/mol. The van der Waals surface area contributed by atoms with Crippen molar-refractivity contribution in [3.63, 3.8) is 0 Å². The molecule has 4 unspecified atom stereocenters. The smallest absolute Gasteiger partial charge is 0.255 e. The zero-order valence-corrected chi connectivity index (χ0v) is 22.7. The molecule has 0 saturated carbocycles. The van der Waals surface area contributed by atoms with Crippen LogP contribution in [0.5, 0.6) is 5.75 Å². The van der Waals surface area contributed by atoms with Crippen LogP contribution < -0.4 is 10.1 Å². The Kier molecular flexibility index (Phi) is 9.16. The van der Waals surface area contributed by atoms with E-state index >= 15 is 0 Å². The lowest BCUT2D eigenvalue weighted by Crippen LogP contribution is -2.35. The first kappa shape index (κ1) is 27.2. The Balaban J connectivity index is 1.17. The summed E-state index contributed by atoms with van der Waals surface area (Å²) in [6, 6.07) is 23.9. The average Bonchev–Trinajstić information content (AvgIpc) is 3.51. The number of nitrogens with one attached hydrogen (secondary N) is 1. The van der Waals surface area contributed by atoms with Gasteiger partial charge in [0, 0.05) is 28.7 Å². The molecule has 1 N–H and O–H groups in total. The Morgan fingerprint density at radius 2 is 1.82 bits per heavy atom. The van der Waals surface area contributed by atoms with Gasteiger partial charge in [-0.25, -0.2) is 4.98 Å². The summed E-state index contributed by atoms with van der Waals surface area (Å²) < 4.78 is 20.5. The lowest BCUT2D eigenvalue weighted by Gasteiger charge is -2.34. The van der Waals surface area contributed by atoms with Gasteiger partial charge < -0.3 is 24.1 Å². The highest BCUT2D eigenvalue weighted by Gasteiger charge is 2.31. The van der Waals surface area contributed by atoms with Crippen molar-refractivity contribution < 1.29 is 19.0 Å². The summed E-state index contributed by atoms with van der Waals surface area (Å²) in [6.45, 7) is 0.368. The summed E-state index contributed by atoms with van der Waals surface area (Å²) in [4.78, 5) is 16.6. The molecule has 1 amide bonds. The number of aromatic nitrogens is 2. The quantitative estimate of drug-likeness (QED) is 0.205. The fraction of sp³-hybridized carbons (Fsp3) is 0.267. The topological polar surface area (TPSA) is 74.6 Å². The van der Waals surface area contributed by atoms with Crippen molar-refractivity contribution in [3.8, 4) is 5.75 Å². The fourth-order valence-electron chi connectivity index (χ4n) is 4.39. The van der Waals surface area contributed by atoms with Crippen LogP contribution in [-0.2, 0) is 9.47 Å². The first-order valence-corrected chi connectivity index (χ1v) is 13.6. The molecule has 3 aromatic carbocycles. The van der Waals surface area contributed by atoms with Gasteiger partial charge >= 0.3 is 0 Å². The van der Waals surface area contributed by atoms with Crippen LogP contribution in [0.25, 0.3) is 0 Å². The SMILES string of the molecule is O=C(Nc1ccccc1)c1ccc(OCC2CCCC(OC(c3ccc(Cl)cc3)C(Cl)n3ccnc3)O2)cc1. The van der Waals surface area contributed by atoms with E-state index in [1.54, 1.807) is 47.6 Å². The zero-order chi connectivity index (χ0) is 27.0. The first-order valence-electron chi connectivity index (χ1n) is 12.8. The van der Waals surface area contributed by atoms with Gasteiger partial charge in [-0.3, -0.25) is 4.79 Å². The average molecular weight is 566 g/mol. The number of halogens is 2. The van der Waals surface area contributed by atoms with Gasteiger partial charge in [0.1, 0.15) is 24.0 Å². The Hall–Kier alpha value is -3.36. The Labute approximate surface area is 237 Å². The number of rotatable bonds is 10. The molecule has 0 radical (unpaired) electrons. The number of carbonyl (C=O) groups excluding carboxylic acids is 1. The molecule has 39 heavy (non-hydrogen) atoms. The van der Waals surface area contributed by atoms with Gasteiger partial charge in [-0.2, -0.15) is 0 Å². The lowest BCUT2D eigenvalue weighted by atomic mass is 10.1. The molecule has 0 aliphatic carbocycles. The van der Waals surface area contributed by atoms with E-state index in [2.05, 4.69) is 10.3 Å². The second-order valence-electron chi connectivity index (χ2n) is 9.26. The number of hydrogen-bond donors (Lipinski definition) is 1. The second kappa shape index (κ2) is 13.1. The van der Waals surface area contributed by atoms with E-state index in [-0.39, 0.29) is 12.0 Å². The molecule has 1 fully saturated rings. The largest absolute Gasteiger partial charge is 0.491 e. The summed E-state index contributed by atoms with van der Waals surface area (Å²) in [5.41, 5.74) is 1.67. The van der Waals surface area contributed by atoms with E-state index in [9.17, 15) is 4.79 Å². The van der Waals surface area contributed by atoms with E-state index in [0.717, 1.165) is 30.5 Å². The minimum absolute atomic E-state index is 0.141. The molecule has 1 saturated heterocycles. The van der Waals surface area contributed by atoms with E-state index in [1.165, 1.54) is 0 Å². The number of amides is 1. The third-order valence-electron chi connectivity index (χ3n) is 6.45. The molecule has 0 spiro atoms. The van der Waals surface area contributed by atoms with Crippen LogP contribution in [0.4, 0.5) is 5.69 Å². The molecule has 0 bridgehead atoms. The number of para-hydroxylation sites is 1. The molecule has 202 valence electrons.